The number of anilines is 1. The average Bonchev–Trinajstić information content (AvgIpc) is 3.05. The summed E-state index contributed by atoms with van der Waals surface area (Å²) in [6.07, 6.45) is 2.95. The van der Waals surface area contributed by atoms with E-state index in [-0.39, 0.29) is 5.92 Å². The van der Waals surface area contributed by atoms with Crippen LogP contribution in [0.5, 0.6) is 0 Å². The third kappa shape index (κ3) is 3.47. The molecule has 1 saturated heterocycles. The van der Waals surface area contributed by atoms with Crippen molar-refractivity contribution in [3.05, 3.63) is 65.2 Å². The second-order valence-electron chi connectivity index (χ2n) is 7.41. The molecule has 0 atom stereocenters. The van der Waals surface area contributed by atoms with Crippen molar-refractivity contribution in [1.82, 2.24) is 4.90 Å². The van der Waals surface area contributed by atoms with Gasteiger partial charge in [0.1, 0.15) is 0 Å². The van der Waals surface area contributed by atoms with Crippen LogP contribution in [0.1, 0.15) is 29.5 Å². The molecule has 25 heavy (non-hydrogen) atoms. The summed E-state index contributed by atoms with van der Waals surface area (Å²) in [5.41, 5.74) is 5.11. The fourth-order valence-electron chi connectivity index (χ4n) is 4.16. The van der Waals surface area contributed by atoms with Crippen LogP contribution in [0.3, 0.4) is 0 Å². The van der Waals surface area contributed by atoms with Crippen LogP contribution < -0.4 is 4.90 Å². The Kier molecular flexibility index (Phi) is 4.58. The van der Waals surface area contributed by atoms with Crippen LogP contribution in [-0.4, -0.2) is 30.4 Å². The summed E-state index contributed by atoms with van der Waals surface area (Å²) >= 11 is 0. The highest BCUT2D eigenvalue weighted by Gasteiger charge is 2.32. The van der Waals surface area contributed by atoms with Crippen molar-refractivity contribution in [2.45, 2.75) is 32.7 Å². The summed E-state index contributed by atoms with van der Waals surface area (Å²) < 4.78 is 0. The van der Waals surface area contributed by atoms with Gasteiger partial charge in [-0.25, -0.2) is 0 Å². The van der Waals surface area contributed by atoms with Gasteiger partial charge in [0, 0.05) is 24.7 Å². The van der Waals surface area contributed by atoms with Gasteiger partial charge in [-0.05, 0) is 56.5 Å². The Morgan fingerprint density at radius 3 is 2.56 bits per heavy atom. The summed E-state index contributed by atoms with van der Waals surface area (Å²) in [6.45, 7) is 5.99. The monoisotopic (exact) mass is 334 g/mol. The molecule has 0 saturated carbocycles. The number of piperidine rings is 1. The topological polar surface area (TPSA) is 23.6 Å². The highest BCUT2D eigenvalue weighted by atomic mass is 16.2. The Hall–Kier alpha value is -2.13. The summed E-state index contributed by atoms with van der Waals surface area (Å²) in [5.74, 6) is 0.515. The van der Waals surface area contributed by atoms with Crippen molar-refractivity contribution in [2.75, 3.05) is 24.5 Å². The zero-order chi connectivity index (χ0) is 17.2. The molecule has 2 aliphatic rings. The molecular weight excluding hydrogens is 308 g/mol. The van der Waals surface area contributed by atoms with Crippen LogP contribution in [0.2, 0.25) is 0 Å². The van der Waals surface area contributed by atoms with Crippen LogP contribution in [0.25, 0.3) is 0 Å². The van der Waals surface area contributed by atoms with E-state index in [1.165, 1.54) is 16.7 Å². The van der Waals surface area contributed by atoms with Crippen molar-refractivity contribution in [2.24, 2.45) is 5.92 Å². The van der Waals surface area contributed by atoms with Crippen LogP contribution in [0, 0.1) is 12.8 Å². The van der Waals surface area contributed by atoms with Crippen LogP contribution in [-0.2, 0) is 17.8 Å². The first-order valence-corrected chi connectivity index (χ1v) is 9.38. The predicted octanol–water partition coefficient (Wildman–Crippen LogP) is 3.80. The van der Waals surface area contributed by atoms with Gasteiger partial charge >= 0.3 is 0 Å². The van der Waals surface area contributed by atoms with E-state index in [9.17, 15) is 4.79 Å². The first-order chi connectivity index (χ1) is 12.2. The number of hydrogen-bond donors (Lipinski definition) is 0. The van der Waals surface area contributed by atoms with E-state index < -0.39 is 0 Å². The summed E-state index contributed by atoms with van der Waals surface area (Å²) in [5, 5.41) is 0. The van der Waals surface area contributed by atoms with Crippen molar-refractivity contribution < 1.29 is 4.79 Å². The first-order valence-electron chi connectivity index (χ1n) is 9.38. The van der Waals surface area contributed by atoms with Gasteiger partial charge in [-0.15, -0.1) is 0 Å². The molecular formula is C22H26N2O. The number of nitrogens with zero attached hydrogens (tertiary/aromatic N) is 2. The molecule has 0 radical (unpaired) electrons. The molecule has 1 amide bonds. The molecule has 130 valence electrons. The Morgan fingerprint density at radius 1 is 1.04 bits per heavy atom. The van der Waals surface area contributed by atoms with Crippen molar-refractivity contribution in [1.29, 1.82) is 0 Å². The molecule has 2 heterocycles. The third-order valence-corrected chi connectivity index (χ3v) is 5.58. The molecule has 2 aliphatic heterocycles. The SMILES string of the molecule is Cc1ccc2c(c1)CCN2C(=O)C1CCN(Cc2ccccc2)CC1. The Labute approximate surface area is 150 Å². The van der Waals surface area contributed by atoms with Gasteiger partial charge in [0.15, 0.2) is 0 Å². The van der Waals surface area contributed by atoms with Crippen molar-refractivity contribution in [3.8, 4) is 0 Å². The maximum Gasteiger partial charge on any atom is 0.230 e. The molecule has 0 N–H and O–H groups in total. The maximum absolute atomic E-state index is 13.0. The van der Waals surface area contributed by atoms with Gasteiger partial charge < -0.3 is 4.90 Å². The highest BCUT2D eigenvalue weighted by molar-refractivity contribution is 5.97. The Balaban J connectivity index is 1.36. The van der Waals surface area contributed by atoms with E-state index in [1.807, 2.05) is 4.90 Å². The van der Waals surface area contributed by atoms with E-state index in [1.54, 1.807) is 0 Å². The van der Waals surface area contributed by atoms with E-state index in [4.69, 9.17) is 0 Å². The summed E-state index contributed by atoms with van der Waals surface area (Å²) in [7, 11) is 0. The number of carbonyl (C=O) groups excluding carboxylic acids is 1. The van der Waals surface area contributed by atoms with Gasteiger partial charge in [0.05, 0.1) is 0 Å². The number of likely N-dealkylation sites (tertiary alicyclic amines) is 1. The standard InChI is InChI=1S/C22H26N2O/c1-17-7-8-21-20(15-17)11-14-24(21)22(25)19-9-12-23(13-10-19)16-18-5-3-2-4-6-18/h2-8,15,19H,9-14,16H2,1H3. The molecule has 4 rings (SSSR count). The quantitative estimate of drug-likeness (QED) is 0.852. The fourth-order valence-corrected chi connectivity index (χ4v) is 4.16. The second kappa shape index (κ2) is 7.01. The van der Waals surface area contributed by atoms with E-state index in [0.29, 0.717) is 5.91 Å². The smallest absolute Gasteiger partial charge is 0.230 e. The third-order valence-electron chi connectivity index (χ3n) is 5.58. The van der Waals surface area contributed by atoms with Gasteiger partial charge in [0.25, 0.3) is 0 Å². The zero-order valence-corrected chi connectivity index (χ0v) is 14.9. The number of fused-ring (bicyclic) bond motifs is 1. The Bertz CT molecular complexity index is 748. The maximum atomic E-state index is 13.0. The van der Waals surface area contributed by atoms with E-state index >= 15 is 0 Å². The minimum Gasteiger partial charge on any atom is -0.312 e. The van der Waals surface area contributed by atoms with E-state index in [2.05, 4.69) is 60.4 Å². The molecule has 0 aromatic heterocycles. The van der Waals surface area contributed by atoms with Crippen molar-refractivity contribution in [3.63, 3.8) is 0 Å². The minimum absolute atomic E-state index is 0.180. The minimum atomic E-state index is 0.180. The lowest BCUT2D eigenvalue weighted by molar-refractivity contribution is -0.123. The van der Waals surface area contributed by atoms with Gasteiger partial charge in [-0.3, -0.25) is 9.69 Å². The average molecular weight is 334 g/mol. The zero-order valence-electron chi connectivity index (χ0n) is 14.9. The van der Waals surface area contributed by atoms with Crippen LogP contribution >= 0.6 is 0 Å². The van der Waals surface area contributed by atoms with Gasteiger partial charge in [0.2, 0.25) is 5.91 Å². The largest absolute Gasteiger partial charge is 0.312 e. The molecule has 0 unspecified atom stereocenters. The number of hydrogen-bond acceptors (Lipinski definition) is 2. The van der Waals surface area contributed by atoms with E-state index in [0.717, 1.165) is 51.1 Å². The Morgan fingerprint density at radius 2 is 1.80 bits per heavy atom. The molecule has 1 fully saturated rings. The highest BCUT2D eigenvalue weighted by Crippen LogP contribution is 2.32. The predicted molar refractivity (Wildman–Crippen MR) is 102 cm³/mol. The lowest BCUT2D eigenvalue weighted by atomic mass is 9.95. The second-order valence-corrected chi connectivity index (χ2v) is 7.41. The summed E-state index contributed by atoms with van der Waals surface area (Å²) in [6, 6.07) is 17.1. The molecule has 3 nitrogen and oxygen atoms in total. The van der Waals surface area contributed by atoms with Crippen LogP contribution in [0.4, 0.5) is 5.69 Å². The number of benzene rings is 2. The molecule has 2 aromatic carbocycles. The van der Waals surface area contributed by atoms with Gasteiger partial charge in [-0.2, -0.15) is 0 Å². The van der Waals surface area contributed by atoms with Crippen molar-refractivity contribution >= 4 is 11.6 Å². The number of rotatable bonds is 3. The molecule has 0 spiro atoms. The first kappa shape index (κ1) is 16.3. The fraction of sp³-hybridized carbons (Fsp3) is 0.409. The van der Waals surface area contributed by atoms with Gasteiger partial charge in [-0.1, -0.05) is 48.0 Å². The molecule has 0 bridgehead atoms. The number of amides is 1. The molecule has 3 heteroatoms. The molecule has 2 aromatic rings. The number of carbonyl (C=O) groups is 1. The lowest BCUT2D eigenvalue weighted by Gasteiger charge is -2.33. The lowest BCUT2D eigenvalue weighted by Crippen LogP contribution is -2.41. The van der Waals surface area contributed by atoms with Crippen LogP contribution in [0.15, 0.2) is 48.5 Å². The normalized spacial score (nSPS) is 18.4. The molecule has 0 aliphatic carbocycles. The number of aryl methyl sites for hydroxylation is 1. The summed E-state index contributed by atoms with van der Waals surface area (Å²) in [4.78, 5) is 17.5.